The van der Waals surface area contributed by atoms with Crippen LogP contribution in [0, 0.1) is 0 Å². The van der Waals surface area contributed by atoms with Gasteiger partial charge in [0.05, 0.1) is 22.8 Å². The molecule has 33 heavy (non-hydrogen) atoms. The molecule has 7 nitrogen and oxygen atoms in total. The molecule has 0 amide bonds. The second kappa shape index (κ2) is 9.60. The first-order chi connectivity index (χ1) is 15.9. The van der Waals surface area contributed by atoms with Gasteiger partial charge in [0.15, 0.2) is 5.11 Å². The number of sulfonamides is 1. The van der Waals surface area contributed by atoms with E-state index in [0.717, 1.165) is 11.3 Å². The molecule has 0 bridgehead atoms. The zero-order valence-corrected chi connectivity index (χ0v) is 19.6. The Bertz CT molecular complexity index is 1270. The first-order valence-corrected chi connectivity index (χ1v) is 12.3. The van der Waals surface area contributed by atoms with E-state index in [1.165, 1.54) is 4.31 Å². The van der Waals surface area contributed by atoms with E-state index in [-0.39, 0.29) is 10.9 Å². The second-order valence-electron chi connectivity index (χ2n) is 7.36. The van der Waals surface area contributed by atoms with Crippen LogP contribution < -0.4 is 14.9 Å². The highest BCUT2D eigenvalue weighted by atomic mass is 32.2. The standard InChI is InChI=1S/C24H23N3O4S2/c1-2-31-23(28)18-7-9-19(10-8-18)25-24(32)26-20-11-13-21(14-12-20)33(29,30)27-16-15-17-5-3-4-6-22(17)27/h3-14H,2,15-16H2,1H3,(H2,25,26,32). The van der Waals surface area contributed by atoms with Crippen molar-refractivity contribution in [1.29, 1.82) is 0 Å². The molecule has 4 rings (SSSR count). The highest BCUT2D eigenvalue weighted by molar-refractivity contribution is 7.92. The number of esters is 1. The number of fused-ring (bicyclic) bond motifs is 1. The summed E-state index contributed by atoms with van der Waals surface area (Å²) >= 11 is 5.34. The molecule has 0 aromatic heterocycles. The summed E-state index contributed by atoms with van der Waals surface area (Å²) in [5.74, 6) is -0.378. The lowest BCUT2D eigenvalue weighted by atomic mass is 10.2. The predicted octanol–water partition coefficient (Wildman–Crippen LogP) is 4.42. The average Bonchev–Trinajstić information content (AvgIpc) is 3.25. The van der Waals surface area contributed by atoms with E-state index < -0.39 is 10.0 Å². The zero-order chi connectivity index (χ0) is 23.4. The zero-order valence-electron chi connectivity index (χ0n) is 17.9. The van der Waals surface area contributed by atoms with Crippen molar-refractivity contribution in [2.75, 3.05) is 28.1 Å². The van der Waals surface area contributed by atoms with Gasteiger partial charge in [-0.3, -0.25) is 4.31 Å². The Labute approximate surface area is 198 Å². The summed E-state index contributed by atoms with van der Waals surface area (Å²) in [6.07, 6.45) is 0.704. The molecule has 3 aromatic carbocycles. The van der Waals surface area contributed by atoms with Crippen molar-refractivity contribution in [3.63, 3.8) is 0 Å². The van der Waals surface area contributed by atoms with Gasteiger partial charge in [0.25, 0.3) is 10.0 Å². The van der Waals surface area contributed by atoms with Gasteiger partial charge < -0.3 is 15.4 Å². The van der Waals surface area contributed by atoms with Gasteiger partial charge in [0.1, 0.15) is 0 Å². The molecular formula is C24H23N3O4S2. The number of nitrogens with zero attached hydrogens (tertiary/aromatic N) is 1. The molecule has 1 aliphatic heterocycles. The SMILES string of the molecule is CCOC(=O)c1ccc(NC(=S)Nc2ccc(S(=O)(=O)N3CCc4ccccc43)cc2)cc1. The molecule has 170 valence electrons. The van der Waals surface area contributed by atoms with Crippen LogP contribution >= 0.6 is 12.2 Å². The van der Waals surface area contributed by atoms with Crippen LogP contribution in [0.5, 0.6) is 0 Å². The lowest BCUT2D eigenvalue weighted by Gasteiger charge is -2.20. The number of benzene rings is 3. The Balaban J connectivity index is 1.39. The molecule has 0 saturated heterocycles. The molecule has 1 aliphatic rings. The molecule has 0 radical (unpaired) electrons. The number of anilines is 3. The molecule has 0 saturated carbocycles. The Hall–Kier alpha value is -3.43. The van der Waals surface area contributed by atoms with Gasteiger partial charge in [-0.1, -0.05) is 18.2 Å². The van der Waals surface area contributed by atoms with Gasteiger partial charge >= 0.3 is 5.97 Å². The Morgan fingerprint density at radius 1 is 0.970 bits per heavy atom. The quantitative estimate of drug-likeness (QED) is 0.398. The molecular weight excluding hydrogens is 458 g/mol. The van der Waals surface area contributed by atoms with Gasteiger partial charge in [-0.15, -0.1) is 0 Å². The van der Waals surface area contributed by atoms with Gasteiger partial charge in [-0.05, 0) is 85.7 Å². The topological polar surface area (TPSA) is 87.7 Å². The number of ether oxygens (including phenoxy) is 1. The third-order valence-electron chi connectivity index (χ3n) is 5.20. The van der Waals surface area contributed by atoms with Crippen LogP contribution in [0.15, 0.2) is 77.7 Å². The fraction of sp³-hybridized carbons (Fsp3) is 0.167. The van der Waals surface area contributed by atoms with Crippen LogP contribution in [0.4, 0.5) is 17.1 Å². The normalized spacial score (nSPS) is 12.7. The van der Waals surface area contributed by atoms with E-state index in [2.05, 4.69) is 10.6 Å². The molecule has 0 fully saturated rings. The number of carbonyl (C=O) groups excluding carboxylic acids is 1. The van der Waals surface area contributed by atoms with Crippen molar-refractivity contribution in [3.05, 3.63) is 83.9 Å². The molecule has 3 aromatic rings. The number of rotatable bonds is 6. The van der Waals surface area contributed by atoms with Crippen molar-refractivity contribution in [2.24, 2.45) is 0 Å². The summed E-state index contributed by atoms with van der Waals surface area (Å²) in [6.45, 7) is 2.51. The number of hydrogen-bond acceptors (Lipinski definition) is 5. The summed E-state index contributed by atoms with van der Waals surface area (Å²) in [5, 5.41) is 6.40. The monoisotopic (exact) mass is 481 g/mol. The van der Waals surface area contributed by atoms with Gasteiger partial charge in [0, 0.05) is 17.9 Å². The fourth-order valence-electron chi connectivity index (χ4n) is 3.59. The van der Waals surface area contributed by atoms with Crippen molar-refractivity contribution < 1.29 is 17.9 Å². The molecule has 9 heteroatoms. The van der Waals surface area contributed by atoms with Gasteiger partial charge in [-0.25, -0.2) is 13.2 Å². The van der Waals surface area contributed by atoms with Crippen molar-refractivity contribution >= 4 is 50.4 Å². The Morgan fingerprint density at radius 3 is 2.21 bits per heavy atom. The van der Waals surface area contributed by atoms with Crippen LogP contribution in [-0.2, 0) is 21.2 Å². The fourth-order valence-corrected chi connectivity index (χ4v) is 5.33. The summed E-state index contributed by atoms with van der Waals surface area (Å²) in [7, 11) is -3.64. The maximum absolute atomic E-state index is 13.1. The molecule has 1 heterocycles. The summed E-state index contributed by atoms with van der Waals surface area (Å²) < 4.78 is 32.7. The predicted molar refractivity (Wildman–Crippen MR) is 133 cm³/mol. The van der Waals surface area contributed by atoms with Crippen molar-refractivity contribution in [3.8, 4) is 0 Å². The number of para-hydroxylation sites is 1. The second-order valence-corrected chi connectivity index (χ2v) is 9.63. The first kappa shape index (κ1) is 22.8. The van der Waals surface area contributed by atoms with Crippen LogP contribution in [-0.4, -0.2) is 32.7 Å². The summed E-state index contributed by atoms with van der Waals surface area (Å²) in [5.41, 5.74) is 3.58. The van der Waals surface area contributed by atoms with Crippen LogP contribution in [0.1, 0.15) is 22.8 Å². The minimum Gasteiger partial charge on any atom is -0.462 e. The average molecular weight is 482 g/mol. The molecule has 0 atom stereocenters. The lowest BCUT2D eigenvalue weighted by molar-refractivity contribution is 0.0526. The van der Waals surface area contributed by atoms with E-state index in [1.807, 2.05) is 24.3 Å². The van der Waals surface area contributed by atoms with Gasteiger partial charge in [0.2, 0.25) is 0 Å². The molecule has 0 unspecified atom stereocenters. The highest BCUT2D eigenvalue weighted by Gasteiger charge is 2.30. The van der Waals surface area contributed by atoms with Crippen LogP contribution in [0.25, 0.3) is 0 Å². The maximum Gasteiger partial charge on any atom is 0.338 e. The minimum absolute atomic E-state index is 0.221. The largest absolute Gasteiger partial charge is 0.462 e. The van der Waals surface area contributed by atoms with Crippen LogP contribution in [0.2, 0.25) is 0 Å². The smallest absolute Gasteiger partial charge is 0.338 e. The van der Waals surface area contributed by atoms with Crippen molar-refractivity contribution in [1.82, 2.24) is 0 Å². The first-order valence-electron chi connectivity index (χ1n) is 10.4. The third kappa shape index (κ3) is 4.99. The number of hydrogen-bond donors (Lipinski definition) is 2. The lowest BCUT2D eigenvalue weighted by Crippen LogP contribution is -2.29. The third-order valence-corrected chi connectivity index (χ3v) is 7.23. The maximum atomic E-state index is 13.1. The van der Waals surface area contributed by atoms with Crippen LogP contribution in [0.3, 0.4) is 0 Å². The Kier molecular flexibility index (Phi) is 6.62. The Morgan fingerprint density at radius 2 is 1.58 bits per heavy atom. The van der Waals surface area contributed by atoms with E-state index >= 15 is 0 Å². The number of carbonyl (C=O) groups is 1. The summed E-state index contributed by atoms with van der Waals surface area (Å²) in [6, 6.07) is 20.8. The number of nitrogens with one attached hydrogen (secondary N) is 2. The molecule has 0 aliphatic carbocycles. The van der Waals surface area contributed by atoms with Crippen molar-refractivity contribution in [2.45, 2.75) is 18.2 Å². The highest BCUT2D eigenvalue weighted by Crippen LogP contribution is 2.32. The van der Waals surface area contributed by atoms with E-state index in [9.17, 15) is 13.2 Å². The summed E-state index contributed by atoms with van der Waals surface area (Å²) in [4.78, 5) is 12.0. The van der Waals surface area contributed by atoms with Gasteiger partial charge in [-0.2, -0.15) is 0 Å². The van der Waals surface area contributed by atoms with E-state index in [0.29, 0.717) is 41.6 Å². The van der Waals surface area contributed by atoms with E-state index in [1.54, 1.807) is 55.5 Å². The minimum atomic E-state index is -3.64. The van der Waals surface area contributed by atoms with E-state index in [4.69, 9.17) is 17.0 Å². The molecule has 0 spiro atoms. The number of thiocarbonyl (C=S) groups is 1. The molecule has 2 N–H and O–H groups in total.